The van der Waals surface area contributed by atoms with Crippen LogP contribution in [0.25, 0.3) is 0 Å². The summed E-state index contributed by atoms with van der Waals surface area (Å²) in [4.78, 5) is 41.5. The van der Waals surface area contributed by atoms with Gasteiger partial charge in [-0.15, -0.1) is 0 Å². The molecule has 0 heterocycles. The van der Waals surface area contributed by atoms with E-state index in [9.17, 15) is 19.5 Å². The molecule has 0 aromatic heterocycles. The van der Waals surface area contributed by atoms with Crippen molar-refractivity contribution >= 4 is 18.5 Å². The number of ether oxygens (including phenoxy) is 6. The van der Waals surface area contributed by atoms with Crippen molar-refractivity contribution < 1.29 is 47.9 Å². The van der Waals surface area contributed by atoms with Gasteiger partial charge in [0, 0.05) is 6.61 Å². The molecule has 0 saturated heterocycles. The highest BCUT2D eigenvalue weighted by atomic mass is 16.7. The molecule has 0 unspecified atom stereocenters. The Bertz CT molecular complexity index is 1020. The topological polar surface area (TPSA) is 133 Å². The molecule has 12 heteroatoms. The Kier molecular flexibility index (Phi) is 54.7. The molecule has 0 atom stereocenters. The molecule has 0 rings (SSSR count). The molecule has 0 bridgehead atoms. The summed E-state index contributed by atoms with van der Waals surface area (Å²) in [5.41, 5.74) is 0. The van der Waals surface area contributed by atoms with Crippen LogP contribution in [0.1, 0.15) is 265 Å². The first-order valence-corrected chi connectivity index (χ1v) is 29.4. The maximum absolute atomic E-state index is 12.1. The smallest absolute Gasteiger partial charge is 0.434 e. The van der Waals surface area contributed by atoms with Crippen molar-refractivity contribution in [2.24, 2.45) is 0 Å². The molecule has 0 aliphatic heterocycles. The lowest BCUT2D eigenvalue weighted by Crippen LogP contribution is -2.32. The van der Waals surface area contributed by atoms with E-state index in [0.29, 0.717) is 39.6 Å². The second kappa shape index (κ2) is 56.6. The Hall–Kier alpha value is -2.31. The van der Waals surface area contributed by atoms with Gasteiger partial charge in [0.15, 0.2) is 0 Å². The Morgan fingerprint density at radius 3 is 0.696 bits per heavy atom. The molecule has 0 aliphatic carbocycles. The zero-order chi connectivity index (χ0) is 50.2. The van der Waals surface area contributed by atoms with Crippen molar-refractivity contribution in [3.8, 4) is 0 Å². The van der Waals surface area contributed by atoms with Gasteiger partial charge in [0.2, 0.25) is 0 Å². The van der Waals surface area contributed by atoms with Crippen molar-refractivity contribution in [2.75, 3.05) is 85.5 Å². The van der Waals surface area contributed by atoms with Gasteiger partial charge in [-0.25, -0.2) is 14.4 Å². The maximum atomic E-state index is 12.1. The molecule has 0 aromatic carbocycles. The van der Waals surface area contributed by atoms with Crippen LogP contribution >= 0.6 is 0 Å². The molecular formula is C57H112N2O10. The summed E-state index contributed by atoms with van der Waals surface area (Å²) in [6.45, 7) is 15.6. The zero-order valence-corrected chi connectivity index (χ0v) is 45.6. The summed E-state index contributed by atoms with van der Waals surface area (Å²) in [6, 6.07) is 0. The minimum atomic E-state index is -0.545. The Morgan fingerprint density at radius 1 is 0.261 bits per heavy atom. The third kappa shape index (κ3) is 53.3. The summed E-state index contributed by atoms with van der Waals surface area (Å²) >= 11 is 0. The number of carbonyl (C=O) groups is 3. The summed E-state index contributed by atoms with van der Waals surface area (Å²) in [5.74, 6) is 0. The second-order valence-corrected chi connectivity index (χ2v) is 19.6. The van der Waals surface area contributed by atoms with E-state index in [1.54, 1.807) is 0 Å². The van der Waals surface area contributed by atoms with Gasteiger partial charge in [-0.05, 0) is 136 Å². The number of nitrogens with zero attached hydrogens (tertiary/aromatic N) is 2. The average molecular weight is 986 g/mol. The van der Waals surface area contributed by atoms with Gasteiger partial charge < -0.3 is 43.3 Å². The lowest BCUT2D eigenvalue weighted by molar-refractivity contribution is 0.0518. The van der Waals surface area contributed by atoms with Crippen molar-refractivity contribution in [3.63, 3.8) is 0 Å². The predicted molar refractivity (Wildman–Crippen MR) is 284 cm³/mol. The fourth-order valence-electron chi connectivity index (χ4n) is 8.60. The van der Waals surface area contributed by atoms with Crippen molar-refractivity contribution in [2.45, 2.75) is 265 Å². The lowest BCUT2D eigenvalue weighted by atomic mass is 10.1. The van der Waals surface area contributed by atoms with E-state index < -0.39 is 18.5 Å². The molecular weight excluding hydrogens is 873 g/mol. The van der Waals surface area contributed by atoms with Gasteiger partial charge in [-0.3, -0.25) is 0 Å². The van der Waals surface area contributed by atoms with Gasteiger partial charge in [0.05, 0.1) is 39.6 Å². The van der Waals surface area contributed by atoms with Crippen LogP contribution in [-0.2, 0) is 28.4 Å². The predicted octanol–water partition coefficient (Wildman–Crippen LogP) is 15.9. The first-order chi connectivity index (χ1) is 34.0. The van der Waals surface area contributed by atoms with Crippen LogP contribution < -0.4 is 0 Å². The number of hydrogen-bond donors (Lipinski definition) is 1. The summed E-state index contributed by atoms with van der Waals surface area (Å²) in [7, 11) is 0. The van der Waals surface area contributed by atoms with Crippen LogP contribution in [0.3, 0.4) is 0 Å². The van der Waals surface area contributed by atoms with Crippen molar-refractivity contribution in [3.05, 3.63) is 0 Å². The van der Waals surface area contributed by atoms with Gasteiger partial charge in [-0.2, -0.15) is 0 Å². The number of aliphatic hydroxyl groups is 1. The quantitative estimate of drug-likeness (QED) is 0.0353. The molecule has 0 aromatic rings. The van der Waals surface area contributed by atoms with Gasteiger partial charge in [0.1, 0.15) is 0 Å². The zero-order valence-electron chi connectivity index (χ0n) is 45.6. The second-order valence-electron chi connectivity index (χ2n) is 19.6. The Balaban J connectivity index is 4.73. The standard InChI is InChI=1S/C57H112N2O10/c1-4-7-10-13-16-19-24-35-49-64-55(61)67-52-38-27-31-43-58(42-30-22-23-34-48-60)46-41-47-59(44-32-28-39-53-68-56(62)65-50-36-25-20-17-14-11-8-5-2)45-33-29-40-54-69-57(63)66-51-37-26-21-18-15-12-9-6-3/h60H,4-54H2,1-3H3. The number of unbranched alkanes of at least 4 members (excludes halogenated alkanes) is 30. The molecule has 0 radical (unpaired) electrons. The molecule has 0 amide bonds. The van der Waals surface area contributed by atoms with E-state index in [-0.39, 0.29) is 6.61 Å². The third-order valence-corrected chi connectivity index (χ3v) is 13.0. The van der Waals surface area contributed by atoms with E-state index in [1.807, 2.05) is 0 Å². The average Bonchev–Trinajstić information content (AvgIpc) is 3.34. The summed E-state index contributed by atoms with van der Waals surface area (Å²) < 4.78 is 32.0. The molecule has 0 aliphatic rings. The monoisotopic (exact) mass is 985 g/mol. The highest BCUT2D eigenvalue weighted by Gasteiger charge is 2.11. The van der Waals surface area contributed by atoms with Crippen molar-refractivity contribution in [1.82, 2.24) is 9.80 Å². The molecule has 410 valence electrons. The fraction of sp³-hybridized carbons (Fsp3) is 0.947. The fourth-order valence-corrected chi connectivity index (χ4v) is 8.60. The number of rotatable bonds is 55. The van der Waals surface area contributed by atoms with E-state index in [4.69, 9.17) is 28.4 Å². The molecule has 1 N–H and O–H groups in total. The van der Waals surface area contributed by atoms with E-state index in [2.05, 4.69) is 30.6 Å². The summed E-state index contributed by atoms with van der Waals surface area (Å²) in [5, 5.41) is 9.26. The normalized spacial score (nSPS) is 11.4. The van der Waals surface area contributed by atoms with Crippen LogP contribution in [0.5, 0.6) is 0 Å². The highest BCUT2D eigenvalue weighted by Crippen LogP contribution is 2.13. The first-order valence-electron chi connectivity index (χ1n) is 29.4. The third-order valence-electron chi connectivity index (χ3n) is 13.0. The molecule has 0 saturated carbocycles. The van der Waals surface area contributed by atoms with Crippen LogP contribution in [0.2, 0.25) is 0 Å². The minimum absolute atomic E-state index is 0.256. The van der Waals surface area contributed by atoms with Crippen LogP contribution in [0.15, 0.2) is 0 Å². The number of hydrogen-bond acceptors (Lipinski definition) is 12. The minimum Gasteiger partial charge on any atom is -0.434 e. The molecule has 69 heavy (non-hydrogen) atoms. The van der Waals surface area contributed by atoms with E-state index in [1.165, 1.54) is 116 Å². The highest BCUT2D eigenvalue weighted by molar-refractivity contribution is 5.60. The van der Waals surface area contributed by atoms with Crippen LogP contribution in [0, 0.1) is 0 Å². The maximum Gasteiger partial charge on any atom is 0.508 e. The SMILES string of the molecule is CCCCCCCCCCOC(=O)OCCCCCN(CCCCCCO)CCCN(CCCCCOC(=O)OCCCCCCCCCC)CCCCCOC(=O)OCCCCCCCCCC. The Morgan fingerprint density at radius 2 is 0.449 bits per heavy atom. The first kappa shape index (κ1) is 66.7. The van der Waals surface area contributed by atoms with Gasteiger partial charge in [-0.1, -0.05) is 168 Å². The van der Waals surface area contributed by atoms with Crippen molar-refractivity contribution in [1.29, 1.82) is 0 Å². The lowest BCUT2D eigenvalue weighted by Gasteiger charge is -2.26. The molecule has 0 spiro atoms. The molecule has 0 fully saturated rings. The van der Waals surface area contributed by atoms with E-state index in [0.717, 1.165) is 168 Å². The van der Waals surface area contributed by atoms with Crippen LogP contribution in [-0.4, -0.2) is 119 Å². The van der Waals surface area contributed by atoms with Crippen LogP contribution in [0.4, 0.5) is 14.4 Å². The van der Waals surface area contributed by atoms with Gasteiger partial charge >= 0.3 is 18.5 Å². The number of aliphatic hydroxyl groups excluding tert-OH is 1. The Labute approximate surface area is 425 Å². The summed E-state index contributed by atoms with van der Waals surface area (Å²) in [6.07, 6.45) is 41.2. The largest absolute Gasteiger partial charge is 0.508 e. The van der Waals surface area contributed by atoms with Gasteiger partial charge in [0.25, 0.3) is 0 Å². The molecule has 12 nitrogen and oxygen atoms in total. The van der Waals surface area contributed by atoms with E-state index >= 15 is 0 Å². The number of carbonyl (C=O) groups excluding carboxylic acids is 3.